The molecule has 0 saturated carbocycles. The number of nitrogens with one attached hydrogen (secondary N) is 1. The lowest BCUT2D eigenvalue weighted by molar-refractivity contribution is -0.117. The fourth-order valence-corrected chi connectivity index (χ4v) is 2.33. The van der Waals surface area contributed by atoms with E-state index < -0.39 is 0 Å². The fraction of sp³-hybridized carbons (Fsp3) is 0.474. The van der Waals surface area contributed by atoms with E-state index in [1.165, 1.54) is 11.3 Å². The summed E-state index contributed by atoms with van der Waals surface area (Å²) in [6.07, 6.45) is 15.0. The summed E-state index contributed by atoms with van der Waals surface area (Å²) in [5.41, 5.74) is 4.52. The van der Waals surface area contributed by atoms with Gasteiger partial charge in [0.25, 0.3) is 0 Å². The zero-order valence-corrected chi connectivity index (χ0v) is 14.3. The summed E-state index contributed by atoms with van der Waals surface area (Å²) in [5, 5.41) is 7.64. The maximum atomic E-state index is 11.0. The lowest BCUT2D eigenvalue weighted by atomic mass is 10.0. The van der Waals surface area contributed by atoms with Crippen LogP contribution in [0.4, 0.5) is 0 Å². The van der Waals surface area contributed by atoms with Crippen LogP contribution in [0.3, 0.4) is 0 Å². The zero-order chi connectivity index (χ0) is 16.4. The van der Waals surface area contributed by atoms with Crippen LogP contribution in [0.2, 0.25) is 0 Å². The van der Waals surface area contributed by atoms with Gasteiger partial charge in [0.2, 0.25) is 0 Å². The number of H-pyrrole nitrogens is 1. The van der Waals surface area contributed by atoms with E-state index in [1.807, 2.05) is 13.0 Å². The van der Waals surface area contributed by atoms with Crippen molar-refractivity contribution in [2.45, 2.75) is 59.8 Å². The van der Waals surface area contributed by atoms with Crippen LogP contribution in [0.5, 0.6) is 0 Å². The second kappa shape index (κ2) is 9.93. The van der Waals surface area contributed by atoms with Gasteiger partial charge in [-0.15, -0.1) is 0 Å². The molecule has 22 heavy (non-hydrogen) atoms. The van der Waals surface area contributed by atoms with E-state index in [-0.39, 0.29) is 5.78 Å². The van der Waals surface area contributed by atoms with Gasteiger partial charge >= 0.3 is 0 Å². The first kappa shape index (κ1) is 18.1. The number of ketones is 1. The number of unbranched alkanes of at least 4 members (excludes halogenated alkanes) is 1. The number of carbonyl (C=O) groups excluding carboxylic acids is 1. The Hall–Kier alpha value is -1.90. The molecule has 3 heteroatoms. The van der Waals surface area contributed by atoms with Gasteiger partial charge in [0.05, 0.1) is 5.69 Å². The lowest BCUT2D eigenvalue weighted by Crippen LogP contribution is -1.93. The molecule has 3 nitrogen and oxygen atoms in total. The Kier molecular flexibility index (Phi) is 8.19. The maximum Gasteiger partial charge on any atom is 0.129 e. The Balaban J connectivity index is 2.80. The van der Waals surface area contributed by atoms with Crippen molar-refractivity contribution >= 4 is 11.4 Å². The second-order valence-corrected chi connectivity index (χ2v) is 5.54. The predicted octanol–water partition coefficient (Wildman–Crippen LogP) is 4.95. The number of aromatic amines is 1. The van der Waals surface area contributed by atoms with Crippen LogP contribution in [-0.2, 0) is 11.2 Å². The van der Waals surface area contributed by atoms with E-state index in [0.717, 1.165) is 37.0 Å². The molecule has 0 radical (unpaired) electrons. The summed E-state index contributed by atoms with van der Waals surface area (Å²) < 4.78 is 0. The van der Waals surface area contributed by atoms with E-state index in [0.29, 0.717) is 6.42 Å². The molecular weight excluding hydrogens is 272 g/mol. The van der Waals surface area contributed by atoms with Gasteiger partial charge in [-0.1, -0.05) is 37.3 Å². The van der Waals surface area contributed by atoms with E-state index in [2.05, 4.69) is 48.3 Å². The van der Waals surface area contributed by atoms with E-state index >= 15 is 0 Å². The summed E-state index contributed by atoms with van der Waals surface area (Å²) in [5.74, 6) is 0.267. The van der Waals surface area contributed by atoms with Gasteiger partial charge in [0.15, 0.2) is 0 Å². The molecule has 0 aromatic carbocycles. The van der Waals surface area contributed by atoms with Gasteiger partial charge in [0.1, 0.15) is 5.78 Å². The topological polar surface area (TPSA) is 45.8 Å². The largest absolute Gasteiger partial charge is 0.300 e. The van der Waals surface area contributed by atoms with Gasteiger partial charge < -0.3 is 4.79 Å². The number of nitrogens with zero attached hydrogens (tertiary/aromatic N) is 1. The molecule has 0 spiro atoms. The fourth-order valence-electron chi connectivity index (χ4n) is 2.33. The first-order valence-electron chi connectivity index (χ1n) is 8.13. The molecule has 0 unspecified atom stereocenters. The number of rotatable bonds is 9. The second-order valence-electron chi connectivity index (χ2n) is 5.54. The summed E-state index contributed by atoms with van der Waals surface area (Å²) >= 11 is 0. The molecule has 0 saturated heterocycles. The smallest absolute Gasteiger partial charge is 0.129 e. The minimum atomic E-state index is 0.267. The average molecular weight is 300 g/mol. The molecule has 0 aliphatic rings. The molecule has 0 bridgehead atoms. The summed E-state index contributed by atoms with van der Waals surface area (Å²) in [4.78, 5) is 11.0. The van der Waals surface area contributed by atoms with Crippen molar-refractivity contribution in [3.8, 4) is 0 Å². The van der Waals surface area contributed by atoms with Crippen LogP contribution in [0, 0.1) is 6.92 Å². The van der Waals surface area contributed by atoms with Crippen LogP contribution in [0.1, 0.15) is 63.4 Å². The summed E-state index contributed by atoms with van der Waals surface area (Å²) in [6, 6.07) is 0. The predicted molar refractivity (Wildman–Crippen MR) is 93.8 cm³/mol. The first-order valence-corrected chi connectivity index (χ1v) is 8.13. The number of hydrogen-bond donors (Lipinski definition) is 1. The Bertz CT molecular complexity index is 562. The van der Waals surface area contributed by atoms with Gasteiger partial charge in [-0.2, -0.15) is 5.10 Å². The van der Waals surface area contributed by atoms with Crippen LogP contribution >= 0.6 is 0 Å². The molecule has 1 aromatic rings. The number of Topliss-reactive ketones (excluding diaryl/α,β-unsaturated/α-hetero) is 1. The van der Waals surface area contributed by atoms with Crippen LogP contribution in [0.25, 0.3) is 5.57 Å². The summed E-state index contributed by atoms with van der Waals surface area (Å²) in [6.45, 7) is 7.90. The minimum absolute atomic E-state index is 0.267. The quantitative estimate of drug-likeness (QED) is 0.518. The molecule has 0 atom stereocenters. The van der Waals surface area contributed by atoms with Crippen molar-refractivity contribution in [2.75, 3.05) is 0 Å². The molecule has 0 fully saturated rings. The minimum Gasteiger partial charge on any atom is -0.300 e. The van der Waals surface area contributed by atoms with Crippen molar-refractivity contribution in [1.29, 1.82) is 0 Å². The number of allylic oxidation sites excluding steroid dienone is 6. The molecule has 1 rings (SSSR count). The Labute approximate surface area is 134 Å². The number of aryl methyl sites for hydroxylation is 1. The normalized spacial score (nSPS) is 12.6. The number of hydrogen-bond acceptors (Lipinski definition) is 2. The first-order chi connectivity index (χ1) is 10.6. The summed E-state index contributed by atoms with van der Waals surface area (Å²) in [7, 11) is 0. The van der Waals surface area contributed by atoms with Crippen LogP contribution < -0.4 is 0 Å². The Morgan fingerprint density at radius 2 is 2.09 bits per heavy atom. The van der Waals surface area contributed by atoms with Gasteiger partial charge in [0, 0.05) is 17.7 Å². The van der Waals surface area contributed by atoms with Gasteiger partial charge in [-0.05, 0) is 52.0 Å². The lowest BCUT2D eigenvalue weighted by Gasteiger charge is -2.01. The van der Waals surface area contributed by atoms with Gasteiger partial charge in [-0.25, -0.2) is 0 Å². The molecule has 1 aromatic heterocycles. The van der Waals surface area contributed by atoms with Crippen molar-refractivity contribution in [2.24, 2.45) is 0 Å². The Morgan fingerprint density at radius 1 is 1.32 bits per heavy atom. The molecule has 120 valence electrons. The molecule has 1 heterocycles. The molecular formula is C19H28N2O. The number of aromatic nitrogens is 2. The molecule has 1 N–H and O–H groups in total. The third-order valence-electron chi connectivity index (χ3n) is 3.58. The highest BCUT2D eigenvalue weighted by Gasteiger charge is 2.11. The highest BCUT2D eigenvalue weighted by Crippen LogP contribution is 2.22. The average Bonchev–Trinajstić information content (AvgIpc) is 2.84. The molecule has 0 amide bonds. The third-order valence-corrected chi connectivity index (χ3v) is 3.58. The van der Waals surface area contributed by atoms with E-state index in [9.17, 15) is 4.79 Å². The van der Waals surface area contributed by atoms with Crippen molar-refractivity contribution in [3.05, 3.63) is 47.3 Å². The van der Waals surface area contributed by atoms with Crippen molar-refractivity contribution in [1.82, 2.24) is 10.2 Å². The monoisotopic (exact) mass is 300 g/mol. The van der Waals surface area contributed by atoms with Gasteiger partial charge in [-0.3, -0.25) is 5.10 Å². The Morgan fingerprint density at radius 3 is 2.73 bits per heavy atom. The maximum absolute atomic E-state index is 11.0. The van der Waals surface area contributed by atoms with Crippen molar-refractivity contribution in [3.63, 3.8) is 0 Å². The van der Waals surface area contributed by atoms with Crippen molar-refractivity contribution < 1.29 is 4.79 Å². The van der Waals surface area contributed by atoms with E-state index in [1.54, 1.807) is 6.92 Å². The zero-order valence-electron chi connectivity index (χ0n) is 14.3. The highest BCUT2D eigenvalue weighted by molar-refractivity contribution is 5.75. The highest BCUT2D eigenvalue weighted by atomic mass is 16.1. The molecule has 0 aliphatic heterocycles. The third kappa shape index (κ3) is 5.84. The SMILES string of the molecule is C\C=C/C(=C\C=C/CC)c1n[nH]c(CCCCC(C)=O)c1C. The van der Waals surface area contributed by atoms with Crippen LogP contribution in [-0.4, -0.2) is 16.0 Å². The number of carbonyl (C=O) groups is 1. The van der Waals surface area contributed by atoms with E-state index in [4.69, 9.17) is 0 Å². The standard InChI is InChI=1S/C19H28N2O/c1-5-7-8-13-17(11-6-2)19-16(4)18(20-21-19)14-10-9-12-15(3)22/h6-8,11,13H,5,9-10,12,14H2,1-4H3,(H,20,21)/b8-7-,11-6-,17-13+. The molecule has 0 aliphatic carbocycles. The van der Waals surface area contributed by atoms with Crippen LogP contribution in [0.15, 0.2) is 30.4 Å².